The summed E-state index contributed by atoms with van der Waals surface area (Å²) in [6.45, 7) is 2.01. The Morgan fingerprint density at radius 3 is 2.57 bits per heavy atom. The Kier molecular flexibility index (Phi) is 4.80. The van der Waals surface area contributed by atoms with Crippen molar-refractivity contribution >= 4 is 33.5 Å². The topological polar surface area (TPSA) is 59.8 Å². The van der Waals surface area contributed by atoms with Crippen LogP contribution in [0.15, 0.2) is 45.5 Å². The molecule has 0 radical (unpaired) electrons. The van der Waals surface area contributed by atoms with Crippen LogP contribution in [-0.2, 0) is 4.74 Å². The first-order chi connectivity index (χ1) is 10.0. The van der Waals surface area contributed by atoms with E-state index in [4.69, 9.17) is 9.15 Å². The highest BCUT2D eigenvalue weighted by Gasteiger charge is 2.22. The number of ether oxygens (including phenoxy) is 1. The number of furan rings is 1. The van der Waals surface area contributed by atoms with Gasteiger partial charge in [0.15, 0.2) is 10.4 Å². The molecule has 0 saturated carbocycles. The lowest BCUT2D eigenvalue weighted by Crippen LogP contribution is -2.27. The molecule has 1 amide bonds. The molecule has 1 heterocycles. The second kappa shape index (κ2) is 6.58. The largest absolute Gasteiger partial charge is 0.462 e. The van der Waals surface area contributed by atoms with Gasteiger partial charge in [-0.3, -0.25) is 4.79 Å². The van der Waals surface area contributed by atoms with Crippen LogP contribution in [0.3, 0.4) is 0 Å². The van der Waals surface area contributed by atoms with Crippen molar-refractivity contribution in [3.05, 3.63) is 52.4 Å². The number of amides is 1. The fourth-order valence-electron chi connectivity index (χ4n) is 1.85. The van der Waals surface area contributed by atoms with Gasteiger partial charge in [-0.1, -0.05) is 12.1 Å². The van der Waals surface area contributed by atoms with Crippen molar-refractivity contribution in [3.8, 4) is 0 Å². The molecule has 0 bridgehead atoms. The van der Waals surface area contributed by atoms with E-state index in [9.17, 15) is 9.59 Å². The number of carbonyl (C=O) groups excluding carboxylic acids is 2. The lowest BCUT2D eigenvalue weighted by atomic mass is 10.1. The number of esters is 1. The maximum Gasteiger partial charge on any atom is 0.340 e. The highest BCUT2D eigenvalue weighted by atomic mass is 79.9. The summed E-state index contributed by atoms with van der Waals surface area (Å²) in [5.41, 5.74) is 0.800. The summed E-state index contributed by atoms with van der Waals surface area (Å²) in [5.74, 6) is -0.631. The third-order valence-corrected chi connectivity index (χ3v) is 3.28. The highest BCUT2D eigenvalue weighted by molar-refractivity contribution is 9.10. The molecule has 2 aromatic rings. The van der Waals surface area contributed by atoms with Crippen LogP contribution in [0.4, 0.5) is 5.69 Å². The lowest BCUT2D eigenvalue weighted by molar-refractivity contribution is 0.0527. The summed E-state index contributed by atoms with van der Waals surface area (Å²) in [6.07, 6.45) is 0. The number of hydrogen-bond donors (Lipinski definition) is 0. The van der Waals surface area contributed by atoms with Crippen LogP contribution < -0.4 is 4.90 Å². The van der Waals surface area contributed by atoms with Gasteiger partial charge in [-0.05, 0) is 47.1 Å². The Morgan fingerprint density at radius 2 is 1.95 bits per heavy atom. The fourth-order valence-corrected chi connectivity index (χ4v) is 2.16. The first kappa shape index (κ1) is 15.3. The highest BCUT2D eigenvalue weighted by Crippen LogP contribution is 2.23. The van der Waals surface area contributed by atoms with Crippen molar-refractivity contribution in [2.45, 2.75) is 6.92 Å². The van der Waals surface area contributed by atoms with Crippen LogP contribution in [0.25, 0.3) is 0 Å². The van der Waals surface area contributed by atoms with Gasteiger partial charge in [-0.25, -0.2) is 4.79 Å². The molecule has 0 fully saturated rings. The average molecular weight is 352 g/mol. The van der Waals surface area contributed by atoms with E-state index >= 15 is 0 Å². The molecule has 6 heteroatoms. The zero-order chi connectivity index (χ0) is 15.4. The second-order valence-electron chi connectivity index (χ2n) is 4.21. The van der Waals surface area contributed by atoms with Crippen molar-refractivity contribution in [1.29, 1.82) is 0 Å². The van der Waals surface area contributed by atoms with Gasteiger partial charge in [-0.15, -0.1) is 0 Å². The van der Waals surface area contributed by atoms with E-state index < -0.39 is 5.97 Å². The lowest BCUT2D eigenvalue weighted by Gasteiger charge is -2.18. The molecule has 0 aliphatic carbocycles. The van der Waals surface area contributed by atoms with E-state index in [2.05, 4.69) is 15.9 Å². The summed E-state index contributed by atoms with van der Waals surface area (Å²) in [6, 6.07) is 9.98. The van der Waals surface area contributed by atoms with Gasteiger partial charge in [-0.2, -0.15) is 0 Å². The van der Waals surface area contributed by atoms with Crippen LogP contribution in [0.5, 0.6) is 0 Å². The van der Waals surface area contributed by atoms with Crippen LogP contribution >= 0.6 is 15.9 Å². The molecule has 0 aliphatic rings. The van der Waals surface area contributed by atoms with Crippen LogP contribution in [0.2, 0.25) is 0 Å². The van der Waals surface area contributed by atoms with Gasteiger partial charge < -0.3 is 14.1 Å². The Balaban J connectivity index is 2.33. The number of carbonyl (C=O) groups is 2. The molecule has 0 aliphatic heterocycles. The van der Waals surface area contributed by atoms with Gasteiger partial charge >= 0.3 is 5.97 Å². The average Bonchev–Trinajstić information content (AvgIpc) is 2.92. The number of para-hydroxylation sites is 1. The van der Waals surface area contributed by atoms with Crippen molar-refractivity contribution < 1.29 is 18.7 Å². The van der Waals surface area contributed by atoms with E-state index in [1.54, 1.807) is 50.4 Å². The van der Waals surface area contributed by atoms with E-state index in [1.165, 1.54) is 4.90 Å². The number of rotatable bonds is 4. The Morgan fingerprint density at radius 1 is 1.24 bits per heavy atom. The number of hydrogen-bond acceptors (Lipinski definition) is 4. The second-order valence-corrected chi connectivity index (χ2v) is 4.99. The number of nitrogens with zero attached hydrogens (tertiary/aromatic N) is 1. The standard InChI is InChI=1S/C15H14BrNO4/c1-3-20-15(19)10-6-4-5-7-11(10)17(2)14(18)12-8-9-13(16)21-12/h4-9H,3H2,1-2H3. The molecule has 0 saturated heterocycles. The van der Waals surface area contributed by atoms with Gasteiger partial charge in [0.05, 0.1) is 17.9 Å². The first-order valence-electron chi connectivity index (χ1n) is 6.34. The monoisotopic (exact) mass is 351 g/mol. The molecule has 0 atom stereocenters. The van der Waals surface area contributed by atoms with Crippen molar-refractivity contribution in [2.75, 3.05) is 18.6 Å². The minimum atomic E-state index is -0.464. The number of anilines is 1. The predicted molar refractivity (Wildman–Crippen MR) is 81.5 cm³/mol. The van der Waals surface area contributed by atoms with Crippen molar-refractivity contribution in [3.63, 3.8) is 0 Å². The van der Waals surface area contributed by atoms with Gasteiger partial charge in [0, 0.05) is 7.05 Å². The van der Waals surface area contributed by atoms with Crippen LogP contribution in [0.1, 0.15) is 27.8 Å². The van der Waals surface area contributed by atoms with E-state index in [0.717, 1.165) is 0 Å². The quantitative estimate of drug-likeness (QED) is 0.791. The first-order valence-corrected chi connectivity index (χ1v) is 7.13. The summed E-state index contributed by atoms with van der Waals surface area (Å²) in [5, 5.41) is 0. The Hall–Kier alpha value is -2.08. The normalized spacial score (nSPS) is 10.2. The third kappa shape index (κ3) is 3.33. The molecular formula is C15H14BrNO4. The van der Waals surface area contributed by atoms with E-state index in [0.29, 0.717) is 15.9 Å². The zero-order valence-corrected chi connectivity index (χ0v) is 13.2. The van der Waals surface area contributed by atoms with Crippen LogP contribution in [-0.4, -0.2) is 25.5 Å². The Labute approximate surface area is 130 Å². The molecule has 21 heavy (non-hydrogen) atoms. The predicted octanol–water partition coefficient (Wildman–Crippen LogP) is 3.50. The molecule has 0 unspecified atom stereocenters. The van der Waals surface area contributed by atoms with Gasteiger partial charge in [0.25, 0.3) is 5.91 Å². The molecule has 110 valence electrons. The maximum absolute atomic E-state index is 12.4. The van der Waals surface area contributed by atoms with E-state index in [1.807, 2.05) is 0 Å². The minimum absolute atomic E-state index is 0.183. The zero-order valence-electron chi connectivity index (χ0n) is 11.6. The summed E-state index contributed by atoms with van der Waals surface area (Å²) in [4.78, 5) is 25.7. The smallest absolute Gasteiger partial charge is 0.340 e. The summed E-state index contributed by atoms with van der Waals surface area (Å²) < 4.78 is 10.7. The third-order valence-electron chi connectivity index (χ3n) is 2.85. The molecular weight excluding hydrogens is 338 g/mol. The summed E-state index contributed by atoms with van der Waals surface area (Å²) in [7, 11) is 1.58. The molecule has 1 aromatic heterocycles. The molecule has 5 nitrogen and oxygen atoms in total. The number of benzene rings is 1. The minimum Gasteiger partial charge on any atom is -0.462 e. The maximum atomic E-state index is 12.4. The molecule has 2 rings (SSSR count). The summed E-state index contributed by atoms with van der Waals surface area (Å²) >= 11 is 3.15. The van der Waals surface area contributed by atoms with Crippen molar-refractivity contribution in [1.82, 2.24) is 0 Å². The van der Waals surface area contributed by atoms with Gasteiger partial charge in [0.2, 0.25) is 0 Å². The number of halogens is 1. The molecule has 0 spiro atoms. The molecule has 1 aromatic carbocycles. The fraction of sp³-hybridized carbons (Fsp3) is 0.200. The Bertz CT molecular complexity index is 665. The molecule has 0 N–H and O–H groups in total. The van der Waals surface area contributed by atoms with E-state index in [-0.39, 0.29) is 18.3 Å². The van der Waals surface area contributed by atoms with Crippen LogP contribution in [0, 0.1) is 0 Å². The SMILES string of the molecule is CCOC(=O)c1ccccc1N(C)C(=O)c1ccc(Br)o1. The van der Waals surface area contributed by atoms with Gasteiger partial charge in [0.1, 0.15) is 0 Å². The van der Waals surface area contributed by atoms with Crippen molar-refractivity contribution in [2.24, 2.45) is 0 Å².